The number of hydrogen-bond donors (Lipinski definition) is 2. The van der Waals surface area contributed by atoms with Gasteiger partial charge in [-0.15, -0.1) is 0 Å². The quantitative estimate of drug-likeness (QED) is 0.765. The first-order valence-electron chi connectivity index (χ1n) is 8.15. The Kier molecular flexibility index (Phi) is 4.80. The Morgan fingerprint density at radius 3 is 2.36 bits per heavy atom. The normalized spacial score (nSPS) is 21.7. The third kappa shape index (κ3) is 3.70. The Labute approximate surface area is 132 Å². The van der Waals surface area contributed by atoms with Crippen LogP contribution in [-0.2, 0) is 20.1 Å². The third-order valence-corrected chi connectivity index (χ3v) is 4.73. The molecule has 118 valence electrons. The van der Waals surface area contributed by atoms with Crippen LogP contribution in [0.5, 0.6) is 5.75 Å². The van der Waals surface area contributed by atoms with Crippen molar-refractivity contribution in [2.24, 2.45) is 7.05 Å². The van der Waals surface area contributed by atoms with Gasteiger partial charge in [0.1, 0.15) is 45.0 Å². The van der Waals surface area contributed by atoms with Crippen LogP contribution in [0.4, 0.5) is 0 Å². The highest BCUT2D eigenvalue weighted by Crippen LogP contribution is 2.11. The predicted molar refractivity (Wildman–Crippen MR) is 87.2 cm³/mol. The van der Waals surface area contributed by atoms with Gasteiger partial charge in [0.2, 0.25) is 0 Å². The fourth-order valence-corrected chi connectivity index (χ4v) is 3.32. The Morgan fingerprint density at radius 1 is 1.00 bits per heavy atom. The van der Waals surface area contributed by atoms with Gasteiger partial charge >= 0.3 is 0 Å². The summed E-state index contributed by atoms with van der Waals surface area (Å²) in [5.41, 5.74) is 2.81. The lowest BCUT2D eigenvalue weighted by molar-refractivity contribution is -1.02. The average Bonchev–Trinajstić information content (AvgIpc) is 2.94. The van der Waals surface area contributed by atoms with Crippen molar-refractivity contribution in [2.45, 2.75) is 13.1 Å². The maximum atomic E-state index is 5.32. The zero-order chi connectivity index (χ0) is 15.4. The van der Waals surface area contributed by atoms with Gasteiger partial charge < -0.3 is 19.1 Å². The van der Waals surface area contributed by atoms with E-state index in [2.05, 4.69) is 48.1 Å². The average molecular weight is 301 g/mol. The molecule has 0 spiro atoms. The molecule has 0 unspecified atom stereocenters. The molecule has 0 saturated carbocycles. The number of nitrogens with one attached hydrogen (secondary N) is 2. The summed E-state index contributed by atoms with van der Waals surface area (Å²) in [6.45, 7) is 7.26. The molecule has 1 aliphatic heterocycles. The van der Waals surface area contributed by atoms with E-state index in [0.29, 0.717) is 0 Å². The molecule has 0 amide bonds. The van der Waals surface area contributed by atoms with Crippen LogP contribution >= 0.6 is 0 Å². The van der Waals surface area contributed by atoms with Crippen LogP contribution in [0.3, 0.4) is 0 Å². The van der Waals surface area contributed by atoms with E-state index in [0.717, 1.165) is 18.8 Å². The van der Waals surface area contributed by atoms with E-state index in [4.69, 9.17) is 4.74 Å². The molecule has 1 saturated heterocycles. The number of rotatable bonds is 5. The van der Waals surface area contributed by atoms with Crippen LogP contribution in [0.2, 0.25) is 0 Å². The number of aromatic nitrogens is 1. The van der Waals surface area contributed by atoms with Crippen LogP contribution in [0, 0.1) is 0 Å². The van der Waals surface area contributed by atoms with E-state index >= 15 is 0 Å². The number of methoxy groups -OCH3 is 1. The summed E-state index contributed by atoms with van der Waals surface area (Å²) in [5.74, 6) is 0.963. The molecule has 22 heavy (non-hydrogen) atoms. The minimum absolute atomic E-state index is 0.963. The summed E-state index contributed by atoms with van der Waals surface area (Å²) in [5, 5.41) is 0. The van der Waals surface area contributed by atoms with Crippen molar-refractivity contribution in [3.8, 4) is 5.75 Å². The molecular weight excluding hydrogens is 274 g/mol. The molecule has 4 nitrogen and oxygen atoms in total. The van der Waals surface area contributed by atoms with Crippen molar-refractivity contribution in [1.29, 1.82) is 0 Å². The number of nitrogens with zero attached hydrogens (tertiary/aromatic N) is 1. The molecule has 3 rings (SSSR count). The molecule has 1 aromatic heterocycles. The highest BCUT2D eigenvalue weighted by molar-refractivity contribution is 5.27. The zero-order valence-electron chi connectivity index (χ0n) is 13.6. The summed E-state index contributed by atoms with van der Waals surface area (Å²) in [7, 11) is 3.87. The molecule has 0 aliphatic carbocycles. The van der Waals surface area contributed by atoms with Gasteiger partial charge in [-0.1, -0.05) is 12.1 Å². The van der Waals surface area contributed by atoms with Gasteiger partial charge in [0.05, 0.1) is 12.8 Å². The van der Waals surface area contributed by atoms with E-state index in [1.807, 2.05) is 6.07 Å². The van der Waals surface area contributed by atoms with Crippen molar-refractivity contribution < 1.29 is 14.5 Å². The number of piperazine rings is 1. The smallest absolute Gasteiger partial charge is 0.127 e. The summed E-state index contributed by atoms with van der Waals surface area (Å²) in [6.07, 6.45) is 2.14. The first-order chi connectivity index (χ1) is 10.7. The second kappa shape index (κ2) is 6.99. The van der Waals surface area contributed by atoms with Gasteiger partial charge in [-0.3, -0.25) is 0 Å². The van der Waals surface area contributed by atoms with E-state index in [-0.39, 0.29) is 0 Å². The van der Waals surface area contributed by atoms with Crippen LogP contribution in [0.25, 0.3) is 0 Å². The Hall–Kier alpha value is -1.78. The van der Waals surface area contributed by atoms with Crippen molar-refractivity contribution in [2.75, 3.05) is 33.3 Å². The standard InChI is InChI=1S/C18H25N3O/c1-19-8-4-6-17(19)15-21-11-9-20(10-12-21)14-16-5-3-7-18(13-16)22-2/h3-8,13H,9-12,14-15H2,1-2H3/p+2. The first-order valence-corrected chi connectivity index (χ1v) is 8.15. The number of hydrogen-bond acceptors (Lipinski definition) is 1. The van der Waals surface area contributed by atoms with E-state index in [1.54, 1.807) is 16.9 Å². The maximum absolute atomic E-state index is 5.32. The lowest BCUT2D eigenvalue weighted by Crippen LogP contribution is -3.27. The zero-order valence-corrected chi connectivity index (χ0v) is 13.6. The van der Waals surface area contributed by atoms with Crippen molar-refractivity contribution >= 4 is 0 Å². The van der Waals surface area contributed by atoms with Crippen LogP contribution < -0.4 is 14.5 Å². The number of quaternary nitrogens is 2. The molecule has 1 aromatic carbocycles. The number of benzene rings is 1. The molecule has 2 N–H and O–H groups in total. The number of aryl methyl sites for hydroxylation is 1. The van der Waals surface area contributed by atoms with Gasteiger partial charge in [-0.2, -0.15) is 0 Å². The van der Waals surface area contributed by atoms with Crippen molar-refractivity contribution in [1.82, 2.24) is 4.57 Å². The predicted octanol–water partition coefficient (Wildman–Crippen LogP) is -0.483. The maximum Gasteiger partial charge on any atom is 0.127 e. The topological polar surface area (TPSA) is 23.0 Å². The molecule has 0 atom stereocenters. The van der Waals surface area contributed by atoms with Crippen molar-refractivity contribution in [3.05, 3.63) is 53.9 Å². The van der Waals surface area contributed by atoms with Crippen LogP contribution in [0.15, 0.2) is 42.6 Å². The molecule has 2 heterocycles. The highest BCUT2D eigenvalue weighted by Gasteiger charge is 2.23. The molecular formula is C18H27N3O+2. The Bertz CT molecular complexity index is 600. The second-order valence-corrected chi connectivity index (χ2v) is 6.32. The number of ether oxygens (including phenoxy) is 1. The van der Waals surface area contributed by atoms with Gasteiger partial charge in [-0.25, -0.2) is 0 Å². The SMILES string of the molecule is COc1cccc(C[NH+]2CC[NH+](Cc3cccn3C)CC2)c1. The summed E-state index contributed by atoms with van der Waals surface area (Å²) in [6, 6.07) is 12.8. The van der Waals surface area contributed by atoms with E-state index in [1.165, 1.54) is 37.4 Å². The molecule has 4 heteroatoms. The minimum Gasteiger partial charge on any atom is -0.497 e. The van der Waals surface area contributed by atoms with Crippen molar-refractivity contribution in [3.63, 3.8) is 0 Å². The van der Waals surface area contributed by atoms with Crippen LogP contribution in [-0.4, -0.2) is 37.9 Å². The Balaban J connectivity index is 1.50. The van der Waals surface area contributed by atoms with Gasteiger partial charge in [0.15, 0.2) is 0 Å². The molecule has 0 radical (unpaired) electrons. The summed E-state index contributed by atoms with van der Waals surface area (Å²) >= 11 is 0. The van der Waals surface area contributed by atoms with E-state index in [9.17, 15) is 0 Å². The fourth-order valence-electron chi connectivity index (χ4n) is 3.32. The van der Waals surface area contributed by atoms with Crippen LogP contribution in [0.1, 0.15) is 11.3 Å². The molecule has 2 aromatic rings. The summed E-state index contributed by atoms with van der Waals surface area (Å²) in [4.78, 5) is 3.39. The first kappa shape index (κ1) is 15.1. The second-order valence-electron chi connectivity index (χ2n) is 6.32. The van der Waals surface area contributed by atoms with Gasteiger partial charge in [-0.05, 0) is 24.3 Å². The summed E-state index contributed by atoms with van der Waals surface area (Å²) < 4.78 is 7.55. The monoisotopic (exact) mass is 301 g/mol. The third-order valence-electron chi connectivity index (χ3n) is 4.73. The lowest BCUT2D eigenvalue weighted by atomic mass is 10.2. The molecule has 1 aliphatic rings. The highest BCUT2D eigenvalue weighted by atomic mass is 16.5. The van der Waals surface area contributed by atoms with E-state index < -0.39 is 0 Å². The molecule has 0 bridgehead atoms. The van der Waals surface area contributed by atoms with Gasteiger partial charge in [0.25, 0.3) is 0 Å². The van der Waals surface area contributed by atoms with Gasteiger partial charge in [0, 0.05) is 18.8 Å². The largest absolute Gasteiger partial charge is 0.497 e. The minimum atomic E-state index is 0.963. The fraction of sp³-hybridized carbons (Fsp3) is 0.444. The lowest BCUT2D eigenvalue weighted by Gasteiger charge is -2.29. The molecule has 1 fully saturated rings. The Morgan fingerprint density at radius 2 is 1.73 bits per heavy atom.